The van der Waals surface area contributed by atoms with Crippen LogP contribution in [0.1, 0.15) is 11.1 Å². The first-order valence-corrected chi connectivity index (χ1v) is 18.4. The van der Waals surface area contributed by atoms with Crippen LogP contribution in [0.15, 0.2) is 207 Å². The molecule has 3 heteroatoms. The quantitative estimate of drug-likeness (QED) is 0.185. The van der Waals surface area contributed by atoms with Crippen molar-refractivity contribution in [2.45, 2.75) is 6.42 Å². The molecule has 0 aliphatic rings. The van der Waals surface area contributed by atoms with E-state index in [-0.39, 0.29) is 0 Å². The van der Waals surface area contributed by atoms with Crippen LogP contribution in [0, 0.1) is 0 Å². The Morgan fingerprint density at radius 2 is 0.593 bits per heavy atom. The molecule has 0 fully saturated rings. The summed E-state index contributed by atoms with van der Waals surface area (Å²) in [6.07, 6.45) is 2.15. The van der Waals surface area contributed by atoms with Crippen LogP contribution in [0.2, 0.25) is 0 Å². The molecule has 0 unspecified atom stereocenters. The third-order valence-electron chi connectivity index (χ3n) is 10.4. The van der Waals surface area contributed by atoms with E-state index < -0.39 is 0 Å². The van der Waals surface area contributed by atoms with Crippen molar-refractivity contribution in [3.63, 3.8) is 0 Å². The summed E-state index contributed by atoms with van der Waals surface area (Å²) >= 11 is 0. The molecule has 8 aromatic carbocycles. The molecule has 258 valence electrons. The molecule has 0 spiro atoms. The number of aromatic nitrogens is 2. The topological polar surface area (TPSA) is 35.9 Å². The van der Waals surface area contributed by atoms with E-state index in [0.29, 0.717) is 0 Å². The molecule has 0 amide bonds. The predicted molar refractivity (Wildman–Crippen MR) is 230 cm³/mol. The highest BCUT2D eigenvalue weighted by Crippen LogP contribution is 2.34. The maximum absolute atomic E-state index is 4.61. The zero-order valence-electron chi connectivity index (χ0n) is 29.9. The molecule has 3 nitrogen and oxygen atoms in total. The fourth-order valence-electron chi connectivity index (χ4n) is 7.87. The summed E-state index contributed by atoms with van der Waals surface area (Å²) in [5.74, 6) is 0. The van der Waals surface area contributed by atoms with Gasteiger partial charge in [0.05, 0.1) is 22.1 Å². The highest BCUT2D eigenvalue weighted by Gasteiger charge is 2.13. The minimum atomic E-state index is 0.903. The summed E-state index contributed by atoms with van der Waals surface area (Å²) in [7, 11) is 0. The summed E-state index contributed by atoms with van der Waals surface area (Å²) in [4.78, 5) is 0. The molecule has 2 heterocycles. The fraction of sp³-hybridized carbons (Fsp3) is 0.0196. The van der Waals surface area contributed by atoms with Gasteiger partial charge in [-0.15, -0.1) is 0 Å². The molecule has 0 radical (unpaired) electrons. The van der Waals surface area contributed by atoms with Gasteiger partial charge in [-0.1, -0.05) is 152 Å². The number of benzene rings is 8. The lowest BCUT2D eigenvalue weighted by Crippen LogP contribution is -1.94. The average Bonchev–Trinajstić information content (AvgIpc) is 3.75. The van der Waals surface area contributed by atoms with E-state index in [1.165, 1.54) is 94.6 Å². The molecule has 0 bridgehead atoms. The van der Waals surface area contributed by atoms with Crippen LogP contribution < -0.4 is 5.73 Å². The first-order valence-electron chi connectivity index (χ1n) is 18.4. The van der Waals surface area contributed by atoms with Crippen molar-refractivity contribution in [1.82, 2.24) is 9.13 Å². The van der Waals surface area contributed by atoms with Crippen LogP contribution in [-0.2, 0) is 6.42 Å². The summed E-state index contributed by atoms with van der Waals surface area (Å²) < 4.78 is 4.73. The van der Waals surface area contributed by atoms with E-state index in [1.807, 2.05) is 0 Å². The van der Waals surface area contributed by atoms with Gasteiger partial charge in [0.1, 0.15) is 0 Å². The van der Waals surface area contributed by atoms with Crippen molar-refractivity contribution in [3.05, 3.63) is 218 Å². The van der Waals surface area contributed by atoms with E-state index in [1.54, 1.807) is 0 Å². The number of nitrogens with two attached hydrogens (primary N) is 1. The van der Waals surface area contributed by atoms with Gasteiger partial charge in [0.25, 0.3) is 0 Å². The molecule has 0 saturated carbocycles. The maximum Gasteiger partial charge on any atom is 0.0541 e. The Bertz CT molecular complexity index is 2590. The second-order valence-corrected chi connectivity index (χ2v) is 13.6. The van der Waals surface area contributed by atoms with Gasteiger partial charge in [-0.3, -0.25) is 0 Å². The minimum absolute atomic E-state index is 0.903. The Kier molecular flexibility index (Phi) is 8.58. The van der Waals surface area contributed by atoms with Crippen molar-refractivity contribution in [2.24, 2.45) is 5.73 Å². The molecular formula is C51H39N3. The van der Waals surface area contributed by atoms with Gasteiger partial charge < -0.3 is 14.9 Å². The standard InChI is InChI=1S/C49H34N2.C2H5N/c1-5-13-46-42(9-1)43-10-2-6-14-47(43)50(46)40-29-25-38(26-30-40)36-21-17-34(18-22-36)33-35-19-23-37(24-20-35)39-27-31-41(32-28-39)51-48-15-7-3-11-44(48)45-12-4-8-16-49(45)51;1-2-3/h1-32H,33H2;2H,1,3H2. The summed E-state index contributed by atoms with van der Waals surface area (Å²) in [6, 6.07) is 70.6. The van der Waals surface area contributed by atoms with Gasteiger partial charge in [-0.05, 0) is 94.5 Å². The van der Waals surface area contributed by atoms with Gasteiger partial charge in [0, 0.05) is 32.9 Å². The summed E-state index contributed by atoms with van der Waals surface area (Å²) in [5, 5.41) is 5.14. The zero-order chi connectivity index (χ0) is 36.4. The number of hydrogen-bond acceptors (Lipinski definition) is 1. The number of nitrogens with zero attached hydrogens (tertiary/aromatic N) is 2. The van der Waals surface area contributed by atoms with Gasteiger partial charge in [0.15, 0.2) is 0 Å². The number of fused-ring (bicyclic) bond motifs is 6. The minimum Gasteiger partial charge on any atom is -0.405 e. The molecule has 0 aliphatic carbocycles. The lowest BCUT2D eigenvalue weighted by Gasteiger charge is -2.10. The Labute approximate surface area is 315 Å². The number of rotatable bonds is 6. The van der Waals surface area contributed by atoms with Crippen LogP contribution in [0.3, 0.4) is 0 Å². The summed E-state index contributed by atoms with van der Waals surface area (Å²) in [6.45, 7) is 3.14. The number of hydrogen-bond donors (Lipinski definition) is 1. The van der Waals surface area contributed by atoms with E-state index in [2.05, 4.69) is 216 Å². The van der Waals surface area contributed by atoms with Crippen molar-refractivity contribution < 1.29 is 0 Å². The van der Waals surface area contributed by atoms with E-state index in [0.717, 1.165) is 6.42 Å². The van der Waals surface area contributed by atoms with Crippen LogP contribution in [0.4, 0.5) is 0 Å². The van der Waals surface area contributed by atoms with Gasteiger partial charge in [-0.2, -0.15) is 0 Å². The molecule has 0 aliphatic heterocycles. The maximum atomic E-state index is 4.61. The Morgan fingerprint density at radius 1 is 0.352 bits per heavy atom. The molecular weight excluding hydrogens is 655 g/mol. The van der Waals surface area contributed by atoms with Crippen LogP contribution in [0.5, 0.6) is 0 Å². The molecule has 54 heavy (non-hydrogen) atoms. The lowest BCUT2D eigenvalue weighted by atomic mass is 9.98. The Hall–Kier alpha value is -7.10. The zero-order valence-corrected chi connectivity index (χ0v) is 29.9. The van der Waals surface area contributed by atoms with Crippen molar-refractivity contribution in [1.29, 1.82) is 0 Å². The largest absolute Gasteiger partial charge is 0.405 e. The molecule has 10 rings (SSSR count). The molecule has 2 aromatic heterocycles. The monoisotopic (exact) mass is 693 g/mol. The Morgan fingerprint density at radius 3 is 0.870 bits per heavy atom. The van der Waals surface area contributed by atoms with Crippen molar-refractivity contribution >= 4 is 43.6 Å². The molecule has 0 atom stereocenters. The van der Waals surface area contributed by atoms with Crippen molar-refractivity contribution in [2.75, 3.05) is 0 Å². The Balaban J connectivity index is 0.00000124. The van der Waals surface area contributed by atoms with Crippen molar-refractivity contribution in [3.8, 4) is 33.6 Å². The fourth-order valence-corrected chi connectivity index (χ4v) is 7.87. The second-order valence-electron chi connectivity index (χ2n) is 13.6. The molecule has 0 saturated heterocycles. The third-order valence-corrected chi connectivity index (χ3v) is 10.4. The first kappa shape index (κ1) is 32.8. The highest BCUT2D eigenvalue weighted by atomic mass is 15.0. The van der Waals surface area contributed by atoms with E-state index in [9.17, 15) is 0 Å². The lowest BCUT2D eigenvalue weighted by molar-refractivity contribution is 1.18. The second kappa shape index (κ2) is 14.1. The smallest absolute Gasteiger partial charge is 0.0541 e. The van der Waals surface area contributed by atoms with Crippen LogP contribution in [0.25, 0.3) is 77.2 Å². The normalized spacial score (nSPS) is 11.2. The van der Waals surface area contributed by atoms with Crippen LogP contribution >= 0.6 is 0 Å². The number of para-hydroxylation sites is 4. The molecule has 2 N–H and O–H groups in total. The highest BCUT2D eigenvalue weighted by molar-refractivity contribution is 6.10. The summed E-state index contributed by atoms with van der Waals surface area (Å²) in [5.41, 5.74) is 19.4. The first-order chi connectivity index (χ1) is 26.7. The molecule has 10 aromatic rings. The van der Waals surface area contributed by atoms with Gasteiger partial charge in [0.2, 0.25) is 0 Å². The van der Waals surface area contributed by atoms with E-state index >= 15 is 0 Å². The average molecular weight is 694 g/mol. The predicted octanol–water partition coefficient (Wildman–Crippen LogP) is 12.9. The van der Waals surface area contributed by atoms with Gasteiger partial charge in [-0.25, -0.2) is 0 Å². The third kappa shape index (κ3) is 5.92. The van der Waals surface area contributed by atoms with Crippen LogP contribution in [-0.4, -0.2) is 9.13 Å². The SMILES string of the molecule is C=CN.c1ccc2c(c1)c1ccccc1n2-c1ccc(-c2ccc(Cc3ccc(-c4ccc(-n5c6ccccc6c6ccccc65)cc4)cc3)cc2)cc1. The van der Waals surface area contributed by atoms with E-state index in [4.69, 9.17) is 0 Å². The van der Waals surface area contributed by atoms with Gasteiger partial charge >= 0.3 is 0 Å².